The molecule has 0 radical (unpaired) electrons. The van der Waals surface area contributed by atoms with Crippen molar-refractivity contribution in [1.29, 1.82) is 0 Å². The number of rotatable bonds is 1. The van der Waals surface area contributed by atoms with Crippen LogP contribution in [0.15, 0.2) is 16.6 Å². The topological polar surface area (TPSA) is 32.3 Å². The molecule has 0 spiro atoms. The minimum Gasteiger partial charge on any atom is -0.505 e. The van der Waals surface area contributed by atoms with E-state index in [1.165, 1.54) is 6.07 Å². The van der Waals surface area contributed by atoms with Crippen molar-refractivity contribution < 1.29 is 9.50 Å². The monoisotopic (exact) mass is 259 g/mol. The van der Waals surface area contributed by atoms with Crippen molar-refractivity contribution >= 4 is 15.9 Å². The predicted octanol–water partition coefficient (Wildman–Crippen LogP) is 2.72. The fourth-order valence-electron chi connectivity index (χ4n) is 1.80. The van der Waals surface area contributed by atoms with Crippen molar-refractivity contribution in [2.45, 2.75) is 18.9 Å². The maximum Gasteiger partial charge on any atom is 0.166 e. The Kier molecular flexibility index (Phi) is 2.74. The average molecular weight is 260 g/mol. The van der Waals surface area contributed by atoms with E-state index in [0.29, 0.717) is 10.0 Å². The van der Waals surface area contributed by atoms with Crippen molar-refractivity contribution in [2.75, 3.05) is 6.54 Å². The van der Waals surface area contributed by atoms with Gasteiger partial charge >= 0.3 is 0 Å². The summed E-state index contributed by atoms with van der Waals surface area (Å²) in [6.07, 6.45) is 2.02. The molecular weight excluding hydrogens is 249 g/mol. The van der Waals surface area contributed by atoms with E-state index in [0.717, 1.165) is 19.4 Å². The van der Waals surface area contributed by atoms with Gasteiger partial charge in [-0.3, -0.25) is 0 Å². The van der Waals surface area contributed by atoms with E-state index in [1.807, 2.05) is 0 Å². The van der Waals surface area contributed by atoms with Gasteiger partial charge in [0, 0.05) is 16.1 Å². The normalized spacial score (nSPS) is 21.4. The lowest BCUT2D eigenvalue weighted by atomic mass is 10.0. The lowest BCUT2D eigenvalue weighted by molar-refractivity contribution is 0.417. The van der Waals surface area contributed by atoms with Crippen LogP contribution in [0.1, 0.15) is 24.4 Å². The molecule has 1 fully saturated rings. The first-order chi connectivity index (χ1) is 6.68. The Morgan fingerprint density at radius 3 is 2.93 bits per heavy atom. The van der Waals surface area contributed by atoms with Gasteiger partial charge in [-0.05, 0) is 31.5 Å². The molecule has 1 saturated heterocycles. The Morgan fingerprint density at radius 1 is 1.50 bits per heavy atom. The first kappa shape index (κ1) is 9.93. The number of benzene rings is 1. The first-order valence-corrected chi connectivity index (χ1v) is 5.39. The number of hydrogen-bond acceptors (Lipinski definition) is 2. The molecule has 0 amide bonds. The second-order valence-electron chi connectivity index (χ2n) is 3.47. The third-order valence-corrected chi connectivity index (χ3v) is 2.95. The zero-order chi connectivity index (χ0) is 10.1. The zero-order valence-corrected chi connectivity index (χ0v) is 9.14. The van der Waals surface area contributed by atoms with Crippen molar-refractivity contribution in [3.05, 3.63) is 28.0 Å². The minimum absolute atomic E-state index is 0.0852. The van der Waals surface area contributed by atoms with E-state index in [-0.39, 0.29) is 11.8 Å². The van der Waals surface area contributed by atoms with Crippen molar-refractivity contribution in [3.63, 3.8) is 0 Å². The molecule has 1 atom stereocenters. The molecule has 1 aromatic carbocycles. The van der Waals surface area contributed by atoms with E-state index in [2.05, 4.69) is 21.2 Å². The number of phenols is 1. The van der Waals surface area contributed by atoms with E-state index < -0.39 is 5.82 Å². The summed E-state index contributed by atoms with van der Waals surface area (Å²) in [5, 5.41) is 12.8. The van der Waals surface area contributed by atoms with Gasteiger partial charge in [-0.15, -0.1) is 0 Å². The molecule has 0 aliphatic carbocycles. The van der Waals surface area contributed by atoms with Gasteiger partial charge in [-0.2, -0.15) is 0 Å². The molecule has 2 nitrogen and oxygen atoms in total. The number of nitrogens with one attached hydrogen (secondary N) is 1. The van der Waals surface area contributed by atoms with Gasteiger partial charge in [-0.25, -0.2) is 4.39 Å². The summed E-state index contributed by atoms with van der Waals surface area (Å²) in [5.74, 6) is -0.796. The maximum absolute atomic E-state index is 13.2. The van der Waals surface area contributed by atoms with Crippen LogP contribution in [0.3, 0.4) is 0 Å². The summed E-state index contributed by atoms with van der Waals surface area (Å²) in [7, 11) is 0. The highest BCUT2D eigenvalue weighted by atomic mass is 79.9. The summed E-state index contributed by atoms with van der Waals surface area (Å²) in [6.45, 7) is 0.929. The van der Waals surface area contributed by atoms with Crippen LogP contribution in [-0.2, 0) is 0 Å². The second kappa shape index (κ2) is 3.87. The SMILES string of the molecule is Oc1c(F)cc(Br)cc1C1CCCN1. The van der Waals surface area contributed by atoms with E-state index in [4.69, 9.17) is 0 Å². The number of hydrogen-bond donors (Lipinski definition) is 2. The molecule has 14 heavy (non-hydrogen) atoms. The molecule has 1 aliphatic rings. The summed E-state index contributed by atoms with van der Waals surface area (Å²) in [6, 6.07) is 3.12. The molecule has 1 aliphatic heterocycles. The number of phenolic OH excluding ortho intramolecular Hbond substituents is 1. The first-order valence-electron chi connectivity index (χ1n) is 4.60. The predicted molar refractivity (Wildman–Crippen MR) is 55.7 cm³/mol. The van der Waals surface area contributed by atoms with Crippen LogP contribution in [0.4, 0.5) is 4.39 Å². The van der Waals surface area contributed by atoms with Crippen LogP contribution in [0.5, 0.6) is 5.75 Å². The minimum atomic E-state index is -0.567. The fraction of sp³-hybridized carbons (Fsp3) is 0.400. The molecule has 2 N–H and O–H groups in total. The fourth-order valence-corrected chi connectivity index (χ4v) is 2.25. The molecule has 2 rings (SSSR count). The Morgan fingerprint density at radius 2 is 2.29 bits per heavy atom. The summed E-state index contributed by atoms with van der Waals surface area (Å²) in [4.78, 5) is 0. The zero-order valence-electron chi connectivity index (χ0n) is 7.56. The highest BCUT2D eigenvalue weighted by Crippen LogP contribution is 2.34. The van der Waals surface area contributed by atoms with Gasteiger partial charge in [0.2, 0.25) is 0 Å². The molecule has 1 aromatic rings. The van der Waals surface area contributed by atoms with E-state index in [1.54, 1.807) is 6.07 Å². The molecule has 0 saturated carbocycles. The lowest BCUT2D eigenvalue weighted by Gasteiger charge is -2.13. The van der Waals surface area contributed by atoms with Gasteiger partial charge in [0.05, 0.1) is 0 Å². The van der Waals surface area contributed by atoms with Gasteiger partial charge in [0.15, 0.2) is 11.6 Å². The molecule has 1 unspecified atom stereocenters. The van der Waals surface area contributed by atoms with Crippen molar-refractivity contribution in [1.82, 2.24) is 5.32 Å². The molecule has 76 valence electrons. The Balaban J connectivity index is 2.40. The molecule has 0 bridgehead atoms. The molecule has 0 aromatic heterocycles. The lowest BCUT2D eigenvalue weighted by Crippen LogP contribution is -2.13. The van der Waals surface area contributed by atoms with Crippen LogP contribution in [0.2, 0.25) is 0 Å². The smallest absolute Gasteiger partial charge is 0.166 e. The third-order valence-electron chi connectivity index (χ3n) is 2.49. The standard InChI is InChI=1S/C10H11BrFNO/c11-6-4-7(9-2-1-3-13-9)10(14)8(12)5-6/h4-5,9,13-14H,1-3H2. The largest absolute Gasteiger partial charge is 0.505 e. The molecule has 4 heteroatoms. The highest BCUT2D eigenvalue weighted by molar-refractivity contribution is 9.10. The van der Waals surface area contributed by atoms with Gasteiger partial charge in [-0.1, -0.05) is 15.9 Å². The maximum atomic E-state index is 13.2. The quantitative estimate of drug-likeness (QED) is 0.813. The van der Waals surface area contributed by atoms with E-state index >= 15 is 0 Å². The Bertz CT molecular complexity index is 350. The Hall–Kier alpha value is -0.610. The van der Waals surface area contributed by atoms with Crippen LogP contribution in [0, 0.1) is 5.82 Å². The number of aromatic hydroxyl groups is 1. The average Bonchev–Trinajstić information content (AvgIpc) is 2.63. The Labute approximate surface area is 90.3 Å². The second-order valence-corrected chi connectivity index (χ2v) is 4.39. The molecular formula is C10H11BrFNO. The van der Waals surface area contributed by atoms with E-state index in [9.17, 15) is 9.50 Å². The van der Waals surface area contributed by atoms with Gasteiger partial charge in [0.1, 0.15) is 0 Å². The highest BCUT2D eigenvalue weighted by Gasteiger charge is 2.21. The van der Waals surface area contributed by atoms with Gasteiger partial charge in [0.25, 0.3) is 0 Å². The summed E-state index contributed by atoms with van der Waals surface area (Å²) < 4.78 is 13.8. The van der Waals surface area contributed by atoms with Crippen LogP contribution in [-0.4, -0.2) is 11.7 Å². The van der Waals surface area contributed by atoms with Crippen molar-refractivity contribution in [3.8, 4) is 5.75 Å². The van der Waals surface area contributed by atoms with Crippen molar-refractivity contribution in [2.24, 2.45) is 0 Å². The summed E-state index contributed by atoms with van der Waals surface area (Å²) >= 11 is 3.22. The van der Waals surface area contributed by atoms with Crippen LogP contribution in [0.25, 0.3) is 0 Å². The van der Waals surface area contributed by atoms with Gasteiger partial charge < -0.3 is 10.4 Å². The number of halogens is 2. The third kappa shape index (κ3) is 1.77. The summed E-state index contributed by atoms with van der Waals surface area (Å²) in [5.41, 5.74) is 0.648. The van der Waals surface area contributed by atoms with Crippen LogP contribution >= 0.6 is 15.9 Å². The molecule has 1 heterocycles. The van der Waals surface area contributed by atoms with Crippen LogP contribution < -0.4 is 5.32 Å².